The fourth-order valence-corrected chi connectivity index (χ4v) is 4.90. The number of likely N-dealkylation sites (tertiary alicyclic amines) is 1. The van der Waals surface area contributed by atoms with Crippen LogP contribution in [0, 0.1) is 31.4 Å². The molecule has 1 aliphatic rings. The molecule has 0 radical (unpaired) electrons. The maximum Gasteiger partial charge on any atom is 0.309 e. The minimum absolute atomic E-state index is 0.205. The van der Waals surface area contributed by atoms with E-state index < -0.39 is 29.4 Å². The first-order valence-electron chi connectivity index (χ1n) is 10.8. The molecule has 0 unspecified atom stereocenters. The minimum Gasteiger partial charge on any atom is -0.457 e. The molecule has 1 fully saturated rings. The molecule has 178 valence electrons. The summed E-state index contributed by atoms with van der Waals surface area (Å²) in [6.45, 7) is 3.79. The van der Waals surface area contributed by atoms with Gasteiger partial charge < -0.3 is 9.64 Å². The second kappa shape index (κ2) is 9.84. The molecule has 0 N–H and O–H groups in total. The number of hydrogen-bond donors (Lipinski definition) is 0. The normalized spacial score (nSPS) is 14.3. The Morgan fingerprint density at radius 3 is 2.50 bits per heavy atom. The van der Waals surface area contributed by atoms with Gasteiger partial charge in [-0.1, -0.05) is 0 Å². The molecule has 1 saturated heterocycles. The summed E-state index contributed by atoms with van der Waals surface area (Å²) in [5.41, 5.74) is 1.86. The van der Waals surface area contributed by atoms with Crippen LogP contribution in [0.15, 0.2) is 35.8 Å². The molecule has 0 saturated carbocycles. The molecule has 10 heteroatoms. The highest BCUT2D eigenvalue weighted by Crippen LogP contribution is 2.24. The number of carbonyl (C=O) groups excluding carboxylic acids is 3. The van der Waals surface area contributed by atoms with Crippen LogP contribution in [0.1, 0.15) is 44.9 Å². The van der Waals surface area contributed by atoms with Crippen molar-refractivity contribution >= 4 is 29.0 Å². The number of Topliss-reactive ketones (excluding diaryl/α,β-unsaturated/α-hetero) is 1. The van der Waals surface area contributed by atoms with Crippen LogP contribution in [0.5, 0.6) is 0 Å². The fourth-order valence-electron chi connectivity index (χ4n) is 4.15. The Balaban J connectivity index is 1.31. The van der Waals surface area contributed by atoms with Crippen molar-refractivity contribution in [2.45, 2.75) is 26.7 Å². The third-order valence-corrected chi connectivity index (χ3v) is 6.72. The van der Waals surface area contributed by atoms with Crippen LogP contribution in [0.25, 0.3) is 5.13 Å². The highest BCUT2D eigenvalue weighted by atomic mass is 32.1. The molecule has 0 bridgehead atoms. The average Bonchev–Trinajstić information content (AvgIpc) is 3.44. The number of esters is 1. The number of thiazole rings is 1. The highest BCUT2D eigenvalue weighted by molar-refractivity contribution is 7.12. The number of nitrogens with zero attached hydrogens (tertiary/aromatic N) is 3. The summed E-state index contributed by atoms with van der Waals surface area (Å²) in [6.07, 6.45) is 2.36. The first kappa shape index (κ1) is 23.7. The van der Waals surface area contributed by atoms with Crippen LogP contribution in [0.2, 0.25) is 0 Å². The zero-order chi connectivity index (χ0) is 24.4. The van der Waals surface area contributed by atoms with Crippen LogP contribution < -0.4 is 0 Å². The smallest absolute Gasteiger partial charge is 0.309 e. The lowest BCUT2D eigenvalue weighted by Gasteiger charge is -2.31. The predicted molar refractivity (Wildman–Crippen MR) is 121 cm³/mol. The first-order valence-corrected chi connectivity index (χ1v) is 11.7. The number of carbonyl (C=O) groups is 3. The molecule has 1 amide bonds. The quantitative estimate of drug-likeness (QED) is 0.386. The molecule has 3 heterocycles. The van der Waals surface area contributed by atoms with Crippen molar-refractivity contribution in [3.05, 3.63) is 70.0 Å². The SMILES string of the molecule is Cc1cc(C(=O)COC(=O)C2CCN(C(=O)c3ccc(F)cc3F)CC2)c(C)n1-c1nccs1. The fraction of sp³-hybridized carbons (Fsp3) is 0.333. The number of halogens is 2. The van der Waals surface area contributed by atoms with Crippen molar-refractivity contribution in [1.82, 2.24) is 14.5 Å². The second-order valence-corrected chi connectivity index (χ2v) is 9.03. The third-order valence-electron chi connectivity index (χ3n) is 5.96. The maximum atomic E-state index is 13.9. The van der Waals surface area contributed by atoms with Crippen molar-refractivity contribution < 1.29 is 27.9 Å². The number of aromatic nitrogens is 2. The van der Waals surface area contributed by atoms with E-state index in [1.165, 1.54) is 16.2 Å². The Bertz CT molecular complexity index is 1230. The number of piperidine rings is 1. The molecule has 3 aromatic rings. The van der Waals surface area contributed by atoms with Crippen LogP contribution >= 0.6 is 11.3 Å². The Labute approximate surface area is 199 Å². The molecule has 0 aliphatic carbocycles. The molecule has 4 rings (SSSR count). The van der Waals surface area contributed by atoms with E-state index in [2.05, 4.69) is 4.98 Å². The molecule has 1 aromatic carbocycles. The van der Waals surface area contributed by atoms with Gasteiger partial charge in [-0.15, -0.1) is 11.3 Å². The van der Waals surface area contributed by atoms with Crippen molar-refractivity contribution in [2.75, 3.05) is 19.7 Å². The standard InChI is InChI=1S/C24H23F2N3O4S/c1-14-11-19(15(2)29(14)24-27-7-10-34-24)21(30)13-33-23(32)16-5-8-28(9-6-16)22(31)18-4-3-17(25)12-20(18)26/h3-4,7,10-12,16H,5-6,8-9,13H2,1-2H3. The van der Waals surface area contributed by atoms with E-state index in [0.717, 1.165) is 28.7 Å². The van der Waals surface area contributed by atoms with E-state index in [9.17, 15) is 23.2 Å². The van der Waals surface area contributed by atoms with E-state index in [4.69, 9.17) is 4.74 Å². The maximum absolute atomic E-state index is 13.9. The van der Waals surface area contributed by atoms with Gasteiger partial charge in [0.2, 0.25) is 5.78 Å². The van der Waals surface area contributed by atoms with Crippen LogP contribution in [-0.4, -0.2) is 51.8 Å². The molecule has 2 aromatic heterocycles. The zero-order valence-electron chi connectivity index (χ0n) is 18.7. The Morgan fingerprint density at radius 2 is 1.85 bits per heavy atom. The summed E-state index contributed by atoms with van der Waals surface area (Å²) in [6, 6.07) is 4.57. The summed E-state index contributed by atoms with van der Waals surface area (Å²) in [5, 5.41) is 2.61. The number of rotatable bonds is 6. The van der Waals surface area contributed by atoms with Crippen LogP contribution in [0.3, 0.4) is 0 Å². The number of benzene rings is 1. The van der Waals surface area contributed by atoms with E-state index in [1.54, 1.807) is 12.3 Å². The van der Waals surface area contributed by atoms with Crippen LogP contribution in [-0.2, 0) is 9.53 Å². The van der Waals surface area contributed by atoms with Gasteiger partial charge in [0.15, 0.2) is 11.7 Å². The lowest BCUT2D eigenvalue weighted by atomic mass is 9.96. The van der Waals surface area contributed by atoms with Gasteiger partial charge in [0, 0.05) is 47.7 Å². The number of ether oxygens (including phenoxy) is 1. The first-order chi connectivity index (χ1) is 16.3. The number of aryl methyl sites for hydroxylation is 1. The number of ketones is 1. The largest absolute Gasteiger partial charge is 0.457 e. The Hall–Kier alpha value is -3.40. The van der Waals surface area contributed by atoms with E-state index in [1.807, 2.05) is 23.8 Å². The molecule has 0 spiro atoms. The van der Waals surface area contributed by atoms with Gasteiger partial charge in [-0.3, -0.25) is 19.0 Å². The summed E-state index contributed by atoms with van der Waals surface area (Å²) in [5.74, 6) is -3.48. The van der Waals surface area contributed by atoms with E-state index >= 15 is 0 Å². The van der Waals surface area contributed by atoms with Gasteiger partial charge >= 0.3 is 5.97 Å². The molecular weight excluding hydrogens is 464 g/mol. The molecule has 34 heavy (non-hydrogen) atoms. The summed E-state index contributed by atoms with van der Waals surface area (Å²) >= 11 is 1.46. The van der Waals surface area contributed by atoms with E-state index in [0.29, 0.717) is 24.5 Å². The van der Waals surface area contributed by atoms with Gasteiger partial charge in [0.1, 0.15) is 11.6 Å². The van der Waals surface area contributed by atoms with Crippen molar-refractivity contribution in [3.8, 4) is 5.13 Å². The van der Waals surface area contributed by atoms with Crippen molar-refractivity contribution in [2.24, 2.45) is 5.92 Å². The highest BCUT2D eigenvalue weighted by Gasteiger charge is 2.30. The Morgan fingerprint density at radius 1 is 1.12 bits per heavy atom. The van der Waals surface area contributed by atoms with Gasteiger partial charge in [0.25, 0.3) is 5.91 Å². The topological polar surface area (TPSA) is 81.5 Å². The molecular formula is C24H23F2N3O4S. The number of amides is 1. The van der Waals surface area contributed by atoms with Gasteiger partial charge in [0.05, 0.1) is 11.5 Å². The lowest BCUT2D eigenvalue weighted by Crippen LogP contribution is -2.41. The summed E-state index contributed by atoms with van der Waals surface area (Å²) < 4.78 is 34.2. The predicted octanol–water partition coefficient (Wildman–Crippen LogP) is 4.11. The zero-order valence-corrected chi connectivity index (χ0v) is 19.5. The van der Waals surface area contributed by atoms with Gasteiger partial charge in [-0.25, -0.2) is 13.8 Å². The summed E-state index contributed by atoms with van der Waals surface area (Å²) in [7, 11) is 0. The number of hydrogen-bond acceptors (Lipinski definition) is 6. The monoisotopic (exact) mass is 487 g/mol. The molecule has 7 nitrogen and oxygen atoms in total. The summed E-state index contributed by atoms with van der Waals surface area (Å²) in [4.78, 5) is 43.5. The lowest BCUT2D eigenvalue weighted by molar-refractivity contribution is -0.148. The van der Waals surface area contributed by atoms with Crippen molar-refractivity contribution in [3.63, 3.8) is 0 Å². The minimum atomic E-state index is -0.917. The second-order valence-electron chi connectivity index (χ2n) is 8.16. The molecule has 1 aliphatic heterocycles. The van der Waals surface area contributed by atoms with E-state index in [-0.39, 0.29) is 31.0 Å². The average molecular weight is 488 g/mol. The molecule has 0 atom stereocenters. The van der Waals surface area contributed by atoms with Crippen molar-refractivity contribution in [1.29, 1.82) is 0 Å². The van der Waals surface area contributed by atoms with Gasteiger partial charge in [-0.2, -0.15) is 0 Å². The third kappa shape index (κ3) is 4.77. The van der Waals surface area contributed by atoms with Gasteiger partial charge in [-0.05, 0) is 44.9 Å². The Kier molecular flexibility index (Phi) is 6.87. The van der Waals surface area contributed by atoms with Crippen LogP contribution in [0.4, 0.5) is 8.78 Å².